The standard InChI is InChI=1S/C21H26N6O/c1-15(2)27-18-9-5-4-7-16(18)23-21(27)24-20(28)17-8-6-10-19(22-17)26-13-11-25(3)12-14-26/h4-10,15H,11-14H2,1-3H3,(H,23,24,28). The predicted octanol–water partition coefficient (Wildman–Crippen LogP) is 3.02. The van der Waals surface area contributed by atoms with E-state index < -0.39 is 0 Å². The number of benzene rings is 1. The summed E-state index contributed by atoms with van der Waals surface area (Å²) in [5.41, 5.74) is 2.27. The van der Waals surface area contributed by atoms with Crippen molar-refractivity contribution in [2.75, 3.05) is 43.4 Å². The SMILES string of the molecule is CC(C)n1c(NC(=O)c2cccc(N3CCN(C)CC3)n2)nc2ccccc21. The number of carbonyl (C=O) groups excluding carboxylic acids is 1. The molecule has 28 heavy (non-hydrogen) atoms. The van der Waals surface area contributed by atoms with Gasteiger partial charge >= 0.3 is 0 Å². The van der Waals surface area contributed by atoms with Crippen molar-refractivity contribution in [1.29, 1.82) is 0 Å². The van der Waals surface area contributed by atoms with E-state index in [1.165, 1.54) is 0 Å². The summed E-state index contributed by atoms with van der Waals surface area (Å²) in [5.74, 6) is 1.15. The molecule has 1 aromatic carbocycles. The van der Waals surface area contributed by atoms with E-state index in [1.807, 2.05) is 41.0 Å². The van der Waals surface area contributed by atoms with Crippen LogP contribution in [0.5, 0.6) is 0 Å². The van der Waals surface area contributed by atoms with Gasteiger partial charge in [0.05, 0.1) is 11.0 Å². The molecule has 0 saturated carbocycles. The highest BCUT2D eigenvalue weighted by atomic mass is 16.2. The minimum Gasteiger partial charge on any atom is -0.354 e. The summed E-state index contributed by atoms with van der Waals surface area (Å²) in [6.07, 6.45) is 0. The number of aromatic nitrogens is 3. The van der Waals surface area contributed by atoms with Crippen molar-refractivity contribution >= 4 is 28.7 Å². The lowest BCUT2D eigenvalue weighted by Crippen LogP contribution is -2.44. The van der Waals surface area contributed by atoms with Gasteiger partial charge in [-0.1, -0.05) is 18.2 Å². The first kappa shape index (κ1) is 18.4. The monoisotopic (exact) mass is 378 g/mol. The molecule has 1 aliphatic heterocycles. The second-order valence-corrected chi connectivity index (χ2v) is 7.51. The summed E-state index contributed by atoms with van der Waals surface area (Å²) in [6, 6.07) is 13.7. The van der Waals surface area contributed by atoms with Gasteiger partial charge in [0, 0.05) is 32.2 Å². The molecule has 2 aromatic heterocycles. The molecule has 0 bridgehead atoms. The zero-order valence-electron chi connectivity index (χ0n) is 16.6. The minimum atomic E-state index is -0.242. The van der Waals surface area contributed by atoms with Crippen molar-refractivity contribution < 1.29 is 4.79 Å². The second kappa shape index (κ2) is 7.59. The lowest BCUT2D eigenvalue weighted by Gasteiger charge is -2.33. The molecule has 7 nitrogen and oxygen atoms in total. The van der Waals surface area contributed by atoms with E-state index in [1.54, 1.807) is 6.07 Å². The van der Waals surface area contributed by atoms with Crippen LogP contribution in [0.2, 0.25) is 0 Å². The number of likely N-dealkylation sites (N-methyl/N-ethyl adjacent to an activating group) is 1. The number of imidazole rings is 1. The van der Waals surface area contributed by atoms with Crippen LogP contribution in [-0.2, 0) is 0 Å². The Hall–Kier alpha value is -2.93. The van der Waals surface area contributed by atoms with Gasteiger partial charge in [-0.05, 0) is 45.2 Å². The maximum absolute atomic E-state index is 12.9. The highest BCUT2D eigenvalue weighted by Gasteiger charge is 2.19. The molecule has 3 heterocycles. The molecule has 0 aliphatic carbocycles. The van der Waals surface area contributed by atoms with Gasteiger partial charge in [0.2, 0.25) is 5.95 Å². The van der Waals surface area contributed by atoms with E-state index in [0.717, 1.165) is 43.0 Å². The molecule has 3 aromatic rings. The van der Waals surface area contributed by atoms with E-state index in [4.69, 9.17) is 0 Å². The maximum atomic E-state index is 12.9. The second-order valence-electron chi connectivity index (χ2n) is 7.51. The molecule has 146 valence electrons. The quantitative estimate of drug-likeness (QED) is 0.756. The smallest absolute Gasteiger partial charge is 0.276 e. The lowest BCUT2D eigenvalue weighted by molar-refractivity contribution is 0.102. The van der Waals surface area contributed by atoms with Gasteiger partial charge in [-0.15, -0.1) is 0 Å². The number of hydrogen-bond donors (Lipinski definition) is 1. The van der Waals surface area contributed by atoms with Crippen molar-refractivity contribution in [3.05, 3.63) is 48.2 Å². The van der Waals surface area contributed by atoms with Crippen LogP contribution in [0.3, 0.4) is 0 Å². The number of amides is 1. The Morgan fingerprint density at radius 2 is 1.75 bits per heavy atom. The molecule has 1 N–H and O–H groups in total. The number of piperazine rings is 1. The average molecular weight is 378 g/mol. The summed E-state index contributed by atoms with van der Waals surface area (Å²) in [7, 11) is 2.12. The summed E-state index contributed by atoms with van der Waals surface area (Å²) in [6.45, 7) is 7.98. The Kier molecular flexibility index (Phi) is 5.00. The number of para-hydroxylation sites is 2. The van der Waals surface area contributed by atoms with Crippen molar-refractivity contribution in [3.63, 3.8) is 0 Å². The van der Waals surface area contributed by atoms with E-state index in [2.05, 4.69) is 46.0 Å². The van der Waals surface area contributed by atoms with Crippen LogP contribution in [0.25, 0.3) is 11.0 Å². The summed E-state index contributed by atoms with van der Waals surface area (Å²) >= 11 is 0. The molecule has 0 atom stereocenters. The fraction of sp³-hybridized carbons (Fsp3) is 0.381. The Morgan fingerprint density at radius 1 is 1.00 bits per heavy atom. The highest BCUT2D eigenvalue weighted by molar-refractivity contribution is 6.03. The molecule has 1 saturated heterocycles. The van der Waals surface area contributed by atoms with E-state index in [0.29, 0.717) is 11.6 Å². The van der Waals surface area contributed by atoms with Crippen LogP contribution in [0.1, 0.15) is 30.4 Å². The Labute approximate surface area is 165 Å². The highest BCUT2D eigenvalue weighted by Crippen LogP contribution is 2.24. The van der Waals surface area contributed by atoms with Crippen LogP contribution in [0.4, 0.5) is 11.8 Å². The molecule has 1 fully saturated rings. The number of nitrogens with zero attached hydrogens (tertiary/aromatic N) is 5. The molecule has 1 aliphatic rings. The fourth-order valence-electron chi connectivity index (χ4n) is 3.58. The Morgan fingerprint density at radius 3 is 2.50 bits per heavy atom. The molecular formula is C21H26N6O. The van der Waals surface area contributed by atoms with E-state index >= 15 is 0 Å². The molecule has 0 unspecified atom stereocenters. The van der Waals surface area contributed by atoms with Crippen LogP contribution in [0, 0.1) is 0 Å². The molecule has 0 spiro atoms. The largest absolute Gasteiger partial charge is 0.354 e. The van der Waals surface area contributed by atoms with E-state index in [9.17, 15) is 4.79 Å². The van der Waals surface area contributed by atoms with Crippen molar-refractivity contribution in [2.24, 2.45) is 0 Å². The van der Waals surface area contributed by atoms with E-state index in [-0.39, 0.29) is 11.9 Å². The lowest BCUT2D eigenvalue weighted by atomic mass is 10.3. The molecule has 4 rings (SSSR count). The van der Waals surface area contributed by atoms with Gasteiger partial charge in [0.25, 0.3) is 5.91 Å². The van der Waals surface area contributed by atoms with Crippen molar-refractivity contribution in [1.82, 2.24) is 19.4 Å². The number of carbonyl (C=O) groups is 1. The maximum Gasteiger partial charge on any atom is 0.276 e. The Balaban J connectivity index is 1.58. The molecule has 0 radical (unpaired) electrons. The van der Waals surface area contributed by atoms with Crippen molar-refractivity contribution in [2.45, 2.75) is 19.9 Å². The van der Waals surface area contributed by atoms with Gasteiger partial charge in [-0.25, -0.2) is 9.97 Å². The third-order valence-corrected chi connectivity index (χ3v) is 5.13. The third-order valence-electron chi connectivity index (χ3n) is 5.13. The zero-order valence-corrected chi connectivity index (χ0v) is 16.6. The van der Waals surface area contributed by atoms with Crippen LogP contribution >= 0.6 is 0 Å². The summed E-state index contributed by atoms with van der Waals surface area (Å²) < 4.78 is 2.04. The number of fused-ring (bicyclic) bond motifs is 1. The van der Waals surface area contributed by atoms with Gasteiger partial charge in [-0.2, -0.15) is 0 Å². The van der Waals surface area contributed by atoms with Crippen molar-refractivity contribution in [3.8, 4) is 0 Å². The topological polar surface area (TPSA) is 66.3 Å². The summed E-state index contributed by atoms with van der Waals surface area (Å²) in [5, 5.41) is 2.96. The number of anilines is 2. The van der Waals surface area contributed by atoms with Crippen LogP contribution in [0.15, 0.2) is 42.5 Å². The van der Waals surface area contributed by atoms with Gasteiger partial charge < -0.3 is 14.4 Å². The number of pyridine rings is 1. The molecular weight excluding hydrogens is 352 g/mol. The molecule has 7 heteroatoms. The predicted molar refractivity (Wildman–Crippen MR) is 112 cm³/mol. The van der Waals surface area contributed by atoms with Crippen LogP contribution in [-0.4, -0.2) is 58.6 Å². The number of hydrogen-bond acceptors (Lipinski definition) is 5. The third kappa shape index (κ3) is 3.57. The first-order valence-electron chi connectivity index (χ1n) is 9.72. The summed E-state index contributed by atoms with van der Waals surface area (Å²) in [4.78, 5) is 26.6. The van der Waals surface area contributed by atoms with Gasteiger partial charge in [-0.3, -0.25) is 10.1 Å². The fourth-order valence-corrected chi connectivity index (χ4v) is 3.58. The minimum absolute atomic E-state index is 0.173. The van der Waals surface area contributed by atoms with Gasteiger partial charge in [0.1, 0.15) is 11.5 Å². The first-order chi connectivity index (χ1) is 13.5. The average Bonchev–Trinajstić information content (AvgIpc) is 3.06. The van der Waals surface area contributed by atoms with Crippen LogP contribution < -0.4 is 10.2 Å². The first-order valence-corrected chi connectivity index (χ1v) is 9.72. The number of nitrogens with one attached hydrogen (secondary N) is 1. The number of rotatable bonds is 4. The molecule has 1 amide bonds. The Bertz CT molecular complexity index is 987. The zero-order chi connectivity index (χ0) is 19.7. The van der Waals surface area contributed by atoms with Gasteiger partial charge in [0.15, 0.2) is 0 Å². The normalized spacial score (nSPS) is 15.4.